The molecule has 3 aliphatic rings. The number of unbranched alkanes of at least 4 members (excludes halogenated alkanes) is 2. The number of carbonyl (C=O) groups is 6. The molecule has 3 aromatic rings. The first-order valence-corrected chi connectivity index (χ1v) is 25.8. The Bertz CT molecular complexity index is 2500. The summed E-state index contributed by atoms with van der Waals surface area (Å²) in [6.45, 7) is 19.6. The Kier molecular flexibility index (Phi) is 19.2. The smallest absolute Gasteiger partial charge is 0.493 e. The molecule has 0 saturated carbocycles. The van der Waals surface area contributed by atoms with Crippen LogP contribution in [-0.4, -0.2) is 116 Å². The summed E-state index contributed by atoms with van der Waals surface area (Å²) in [5, 5.41) is 6.07. The van der Waals surface area contributed by atoms with Crippen LogP contribution in [0.5, 0.6) is 23.0 Å². The predicted octanol–water partition coefficient (Wildman–Crippen LogP) is 9.88. The SMILES string of the molecule is COc1cc(C2c3cc4c(cc3[C@@H](NC(=O)NCCCN(CCCCN(CCCCC(=O)OC(C)(C)C)C(=O)OC(C)(C)C)C(=O)OC(C)(C)C)[C@H]3COC(=O)[C@H]23)OCO4)cc(C)c1OC(=O)OCc1ccccc1. The molecule has 2 aliphatic heterocycles. The van der Waals surface area contributed by atoms with Gasteiger partial charge in [-0.1, -0.05) is 36.4 Å². The van der Waals surface area contributed by atoms with Crippen molar-refractivity contribution in [2.75, 3.05) is 53.2 Å². The summed E-state index contributed by atoms with van der Waals surface area (Å²) in [5.74, 6) is -1.15. The minimum Gasteiger partial charge on any atom is -0.493 e. The third-order valence-corrected chi connectivity index (χ3v) is 12.5. The van der Waals surface area contributed by atoms with Gasteiger partial charge in [-0.15, -0.1) is 0 Å². The zero-order valence-electron chi connectivity index (χ0n) is 45.4. The van der Waals surface area contributed by atoms with Gasteiger partial charge in [-0.05, 0) is 147 Å². The van der Waals surface area contributed by atoms with Gasteiger partial charge in [-0.25, -0.2) is 19.2 Å². The maximum atomic E-state index is 13.9. The lowest BCUT2D eigenvalue weighted by atomic mass is 9.65. The van der Waals surface area contributed by atoms with E-state index < -0.39 is 70.9 Å². The third-order valence-electron chi connectivity index (χ3n) is 12.5. The fourth-order valence-corrected chi connectivity index (χ4v) is 9.28. The predicted molar refractivity (Wildman–Crippen MR) is 276 cm³/mol. The number of rotatable bonds is 20. The van der Waals surface area contributed by atoms with Gasteiger partial charge in [0.2, 0.25) is 6.79 Å². The summed E-state index contributed by atoms with van der Waals surface area (Å²) in [7, 11) is 1.46. The first-order chi connectivity index (χ1) is 35.4. The summed E-state index contributed by atoms with van der Waals surface area (Å²) in [6.07, 6.45) is 0.985. The Morgan fingerprint density at radius 3 is 1.87 bits per heavy atom. The second-order valence-electron chi connectivity index (χ2n) is 22.0. The number of fused-ring (bicyclic) bond motifs is 3. The van der Waals surface area contributed by atoms with Crippen LogP contribution in [0.1, 0.15) is 141 Å². The monoisotopic (exact) mass is 1040 g/mol. The van der Waals surface area contributed by atoms with Crippen LogP contribution in [0.2, 0.25) is 0 Å². The highest BCUT2D eigenvalue weighted by atomic mass is 16.7. The van der Waals surface area contributed by atoms with Gasteiger partial charge in [-0.3, -0.25) is 9.59 Å². The topological polar surface area (TPSA) is 216 Å². The van der Waals surface area contributed by atoms with E-state index in [1.54, 1.807) is 64.3 Å². The number of nitrogens with zero attached hydrogens (tertiary/aromatic N) is 2. The lowest BCUT2D eigenvalue weighted by Gasteiger charge is -2.39. The second kappa shape index (κ2) is 25.1. The zero-order valence-corrected chi connectivity index (χ0v) is 45.4. The second-order valence-corrected chi connectivity index (χ2v) is 22.0. The van der Waals surface area contributed by atoms with Crippen molar-refractivity contribution in [2.24, 2.45) is 11.8 Å². The highest BCUT2D eigenvalue weighted by Gasteiger charge is 2.53. The molecule has 4 atom stereocenters. The van der Waals surface area contributed by atoms with Crippen LogP contribution in [0.4, 0.5) is 19.2 Å². The van der Waals surface area contributed by atoms with E-state index in [0.717, 1.165) is 5.56 Å². The number of aryl methyl sites for hydroxylation is 1. The molecule has 6 rings (SSSR count). The van der Waals surface area contributed by atoms with Crippen molar-refractivity contribution in [1.82, 2.24) is 20.4 Å². The van der Waals surface area contributed by atoms with E-state index in [0.29, 0.717) is 85.5 Å². The molecule has 3 aromatic carbocycles. The van der Waals surface area contributed by atoms with Crippen LogP contribution in [-0.2, 0) is 39.9 Å². The van der Waals surface area contributed by atoms with Crippen molar-refractivity contribution in [1.29, 1.82) is 0 Å². The Labute approximate surface area is 440 Å². The number of nitrogens with one attached hydrogen (secondary N) is 2. The van der Waals surface area contributed by atoms with E-state index in [2.05, 4.69) is 10.6 Å². The summed E-state index contributed by atoms with van der Waals surface area (Å²) in [6, 6.07) is 15.3. The highest BCUT2D eigenvalue weighted by molar-refractivity contribution is 5.81. The van der Waals surface area contributed by atoms with Crippen molar-refractivity contribution < 1.29 is 71.4 Å². The summed E-state index contributed by atoms with van der Waals surface area (Å²) in [5.41, 5.74) is 1.43. The number of amides is 4. The van der Waals surface area contributed by atoms with Gasteiger partial charge in [0.1, 0.15) is 23.4 Å². The molecule has 1 saturated heterocycles. The zero-order chi connectivity index (χ0) is 54.7. The van der Waals surface area contributed by atoms with E-state index >= 15 is 0 Å². The molecule has 1 aliphatic carbocycles. The molecule has 4 amide bonds. The molecule has 2 heterocycles. The molecule has 0 bridgehead atoms. The quantitative estimate of drug-likeness (QED) is 0.0466. The Hall–Kier alpha value is -6.92. The number of carbonyl (C=O) groups excluding carboxylic acids is 6. The summed E-state index contributed by atoms with van der Waals surface area (Å²) in [4.78, 5) is 82.8. The Morgan fingerprint density at radius 2 is 1.28 bits per heavy atom. The van der Waals surface area contributed by atoms with E-state index in [-0.39, 0.29) is 57.0 Å². The number of esters is 2. The van der Waals surface area contributed by atoms with Crippen molar-refractivity contribution in [3.8, 4) is 23.0 Å². The van der Waals surface area contributed by atoms with Crippen LogP contribution in [0, 0.1) is 18.8 Å². The fraction of sp³-hybridized carbons (Fsp3) is 0.571. The minimum atomic E-state index is -0.908. The normalized spacial score (nSPS) is 17.6. The fourth-order valence-electron chi connectivity index (χ4n) is 9.28. The molecule has 2 N–H and O–H groups in total. The lowest BCUT2D eigenvalue weighted by Crippen LogP contribution is -2.46. The van der Waals surface area contributed by atoms with E-state index in [9.17, 15) is 28.8 Å². The molecular weight excluding hydrogens is 969 g/mol. The number of benzene rings is 3. The standard InChI is InChI=1S/C56H76N4O15/c1-35-28-37(29-43(67-11)48(35)72-53(66)69-32-36-20-13-12-14-21-36)45-38-30-41-42(71-34-70-41)31-39(38)47(40-33-68-49(62)46(40)45)58-50(63)57-23-19-27-60(52(65)75-56(8,9)10)26-18-17-25-59(51(64)74-55(5,6)7)24-16-15-22-44(61)73-54(2,3)4/h12-14,20-21,28-31,40,45-47H,15-19,22-27,32-34H2,1-11H3,(H2,57,58,63)/t40-,45?,46-,47+/m0/s1. The van der Waals surface area contributed by atoms with Gasteiger partial charge in [-0.2, -0.15) is 0 Å². The molecule has 19 nitrogen and oxygen atoms in total. The van der Waals surface area contributed by atoms with E-state index in [1.807, 2.05) is 69.3 Å². The van der Waals surface area contributed by atoms with Gasteiger partial charge < -0.3 is 63.1 Å². The maximum absolute atomic E-state index is 13.9. The summed E-state index contributed by atoms with van der Waals surface area (Å²) >= 11 is 0. The van der Waals surface area contributed by atoms with Gasteiger partial charge in [0, 0.05) is 51.0 Å². The van der Waals surface area contributed by atoms with Crippen molar-refractivity contribution in [3.05, 3.63) is 82.4 Å². The Morgan fingerprint density at radius 1 is 0.707 bits per heavy atom. The molecular formula is C56H76N4O15. The van der Waals surface area contributed by atoms with Gasteiger partial charge >= 0.3 is 36.3 Å². The van der Waals surface area contributed by atoms with Crippen LogP contribution < -0.4 is 29.6 Å². The molecule has 1 fully saturated rings. The number of urea groups is 1. The molecule has 0 spiro atoms. The van der Waals surface area contributed by atoms with Gasteiger partial charge in [0.05, 0.1) is 25.7 Å². The molecule has 0 aromatic heterocycles. The maximum Gasteiger partial charge on any atom is 0.514 e. The number of ether oxygens (including phenoxy) is 9. The van der Waals surface area contributed by atoms with Crippen LogP contribution in [0.3, 0.4) is 0 Å². The first kappa shape index (κ1) is 57.4. The molecule has 1 unspecified atom stereocenters. The molecule has 0 radical (unpaired) electrons. The largest absolute Gasteiger partial charge is 0.514 e. The summed E-state index contributed by atoms with van der Waals surface area (Å²) < 4.78 is 51.1. The lowest BCUT2D eigenvalue weighted by molar-refractivity contribution is -0.155. The van der Waals surface area contributed by atoms with Gasteiger partial charge in [0.15, 0.2) is 23.0 Å². The van der Waals surface area contributed by atoms with E-state index in [1.165, 1.54) is 7.11 Å². The van der Waals surface area contributed by atoms with Crippen molar-refractivity contribution in [2.45, 2.75) is 143 Å². The van der Waals surface area contributed by atoms with Crippen LogP contribution in [0.25, 0.3) is 0 Å². The van der Waals surface area contributed by atoms with Crippen molar-refractivity contribution >= 4 is 36.3 Å². The Balaban J connectivity index is 1.10. The average Bonchev–Trinajstić information content (AvgIpc) is 3.95. The van der Waals surface area contributed by atoms with Crippen molar-refractivity contribution in [3.63, 3.8) is 0 Å². The highest BCUT2D eigenvalue weighted by Crippen LogP contribution is 2.55. The number of cyclic esters (lactones) is 1. The molecule has 19 heteroatoms. The number of methoxy groups -OCH3 is 1. The van der Waals surface area contributed by atoms with Crippen LogP contribution >= 0.6 is 0 Å². The molecule has 410 valence electrons. The van der Waals surface area contributed by atoms with E-state index in [4.69, 9.17) is 42.6 Å². The average molecular weight is 1050 g/mol. The van der Waals surface area contributed by atoms with Gasteiger partial charge in [0.25, 0.3) is 0 Å². The number of hydrogen-bond donors (Lipinski definition) is 2. The first-order valence-electron chi connectivity index (χ1n) is 25.8. The van der Waals surface area contributed by atoms with Crippen LogP contribution in [0.15, 0.2) is 54.6 Å². The number of hydrogen-bond acceptors (Lipinski definition) is 15. The minimum absolute atomic E-state index is 0.000718. The third kappa shape index (κ3) is 16.5. The molecule has 75 heavy (non-hydrogen) atoms.